The second-order valence-electron chi connectivity index (χ2n) is 14.7. The Kier molecular flexibility index (Phi) is 16.2. The number of carbonyl (C=O) groups excluding carboxylic acids is 3. The van der Waals surface area contributed by atoms with Crippen LogP contribution < -0.4 is 44.0 Å². The molecule has 1 unspecified atom stereocenters. The molecule has 3 aromatic rings. The van der Waals surface area contributed by atoms with Crippen molar-refractivity contribution in [3.8, 4) is 16.9 Å². The van der Waals surface area contributed by atoms with Crippen LogP contribution in [0.2, 0.25) is 0 Å². The van der Waals surface area contributed by atoms with E-state index in [0.29, 0.717) is 25.1 Å². The average molecular weight is 891 g/mol. The molecule has 298 valence electrons. The van der Waals surface area contributed by atoms with Gasteiger partial charge in [0.1, 0.15) is 40.7 Å². The third-order valence-corrected chi connectivity index (χ3v) is 7.16. The van der Waals surface area contributed by atoms with Crippen LogP contribution in [0.5, 0.6) is 5.75 Å². The molecule has 3 rings (SSSR count). The van der Waals surface area contributed by atoms with E-state index in [9.17, 15) is 24.3 Å². The molecule has 19 heteroatoms. The lowest BCUT2D eigenvalue weighted by atomic mass is 10.1. The first-order valence-corrected chi connectivity index (χ1v) is 17.5. The van der Waals surface area contributed by atoms with Crippen molar-refractivity contribution in [1.82, 2.24) is 15.0 Å². The summed E-state index contributed by atoms with van der Waals surface area (Å²) >= 11 is 0.920. The third kappa shape index (κ3) is 15.4. The van der Waals surface area contributed by atoms with E-state index in [1.165, 1.54) is 17.5 Å². The molecule has 0 fully saturated rings. The van der Waals surface area contributed by atoms with Gasteiger partial charge < -0.3 is 58.2 Å². The molecule has 0 aliphatic heterocycles. The molecule has 0 radical (unpaired) electrons. The van der Waals surface area contributed by atoms with Gasteiger partial charge in [0.05, 0.1) is 18.3 Å². The number of carbonyl (C=O) groups is 4. The number of oxime groups is 1. The monoisotopic (exact) mass is 890 g/mol. The molecule has 16 nitrogen and oxygen atoms in total. The molecule has 1 aromatic carbocycles. The van der Waals surface area contributed by atoms with Gasteiger partial charge in [0.25, 0.3) is 6.10 Å². The summed E-state index contributed by atoms with van der Waals surface area (Å²) in [6, 6.07) is 4.17. The summed E-state index contributed by atoms with van der Waals surface area (Å²) in [5.41, 5.74) is -2.24. The van der Waals surface area contributed by atoms with E-state index >= 15 is 4.39 Å². The minimum Gasteiger partial charge on any atom is -1.00 e. The standard InChI is InChI=1S/C35H47FN6O10S.HI/c1-33(2,3)49-29(45)26(52-40-27(28(43)44)25-20-53-30(38-25)39-32(47)51-35(7,8)9)19-48-22-12-13-23(24(36)16-22)21-17-41(10)42(18-21)15-11-14-37-31(46)50-34(4,5)6;/h12-13,16-18,20,26H,11,14-15,19H2,1-10H3,(H2-,37,38,39,43,44,46,47);1H. The van der Waals surface area contributed by atoms with E-state index in [1.54, 1.807) is 79.4 Å². The van der Waals surface area contributed by atoms with Gasteiger partial charge in [-0.15, -0.1) is 16.0 Å². The highest BCUT2D eigenvalue weighted by Crippen LogP contribution is 2.26. The molecule has 3 N–H and O–H groups in total. The summed E-state index contributed by atoms with van der Waals surface area (Å²) in [6.07, 6.45) is 1.28. The van der Waals surface area contributed by atoms with Gasteiger partial charge in [0, 0.05) is 23.6 Å². The van der Waals surface area contributed by atoms with Crippen LogP contribution in [0.3, 0.4) is 0 Å². The Balaban J connectivity index is 0.0000101. The number of aromatic nitrogens is 3. The first-order chi connectivity index (χ1) is 24.5. The minimum atomic E-state index is -1.57. The lowest BCUT2D eigenvalue weighted by molar-refractivity contribution is -0.753. The largest absolute Gasteiger partial charge is 1.00 e. The zero-order valence-electron chi connectivity index (χ0n) is 31.9. The summed E-state index contributed by atoms with van der Waals surface area (Å²) in [4.78, 5) is 58.5. The van der Waals surface area contributed by atoms with E-state index < -0.39 is 65.2 Å². The highest BCUT2D eigenvalue weighted by Gasteiger charge is 2.30. The van der Waals surface area contributed by atoms with Crippen molar-refractivity contribution >= 4 is 46.3 Å². The molecule has 0 aliphatic carbocycles. The summed E-state index contributed by atoms with van der Waals surface area (Å²) in [6.45, 7) is 15.7. The van der Waals surface area contributed by atoms with Crippen molar-refractivity contribution in [3.63, 3.8) is 0 Å². The fourth-order valence-electron chi connectivity index (χ4n) is 4.31. The number of amides is 2. The Bertz CT molecular complexity index is 1810. The zero-order chi connectivity index (χ0) is 39.7. The Morgan fingerprint density at radius 3 is 2.22 bits per heavy atom. The number of thiazole rings is 1. The van der Waals surface area contributed by atoms with Crippen LogP contribution >= 0.6 is 11.3 Å². The normalized spacial score (nSPS) is 12.5. The Morgan fingerprint density at radius 2 is 1.63 bits per heavy atom. The number of nitrogens with one attached hydrogen (secondary N) is 2. The summed E-state index contributed by atoms with van der Waals surface area (Å²) in [5, 5.41) is 20.0. The summed E-state index contributed by atoms with van der Waals surface area (Å²) in [7, 11) is 1.81. The molecule has 2 amide bonds. The molecule has 0 aliphatic rings. The van der Waals surface area contributed by atoms with E-state index in [0.717, 1.165) is 17.4 Å². The van der Waals surface area contributed by atoms with E-state index in [2.05, 4.69) is 20.8 Å². The number of alkyl carbamates (subject to hydrolysis) is 1. The van der Waals surface area contributed by atoms with Gasteiger partial charge in [-0.25, -0.2) is 28.6 Å². The van der Waals surface area contributed by atoms with Crippen molar-refractivity contribution in [2.24, 2.45) is 12.2 Å². The van der Waals surface area contributed by atoms with Crippen LogP contribution in [0, 0.1) is 5.82 Å². The van der Waals surface area contributed by atoms with Gasteiger partial charge in [-0.3, -0.25) is 5.32 Å². The second kappa shape index (κ2) is 19.2. The van der Waals surface area contributed by atoms with Crippen molar-refractivity contribution < 1.29 is 81.1 Å². The average Bonchev–Trinajstić information content (AvgIpc) is 3.59. The molecule has 1 atom stereocenters. The predicted molar refractivity (Wildman–Crippen MR) is 192 cm³/mol. The fraction of sp³-hybridized carbons (Fsp3) is 0.514. The van der Waals surface area contributed by atoms with E-state index in [1.807, 2.05) is 11.7 Å². The minimum absolute atomic E-state index is 0. The maximum atomic E-state index is 15.4. The second-order valence-corrected chi connectivity index (χ2v) is 15.6. The molecule has 2 heterocycles. The van der Waals surface area contributed by atoms with Crippen LogP contribution in [0.4, 0.5) is 19.1 Å². The van der Waals surface area contributed by atoms with Gasteiger partial charge in [-0.2, -0.15) is 4.68 Å². The number of halogens is 2. The number of ether oxygens (including phenoxy) is 4. The summed E-state index contributed by atoms with van der Waals surface area (Å²) in [5.74, 6) is -2.99. The van der Waals surface area contributed by atoms with E-state index in [-0.39, 0.29) is 46.1 Å². The number of benzene rings is 1. The van der Waals surface area contributed by atoms with Crippen LogP contribution in [0.1, 0.15) is 74.4 Å². The van der Waals surface area contributed by atoms with Gasteiger partial charge in [-0.05, 0) is 80.9 Å². The topological polar surface area (TPSA) is 193 Å². The maximum absolute atomic E-state index is 15.4. The highest BCUT2D eigenvalue weighted by molar-refractivity contribution is 7.14. The van der Waals surface area contributed by atoms with Crippen molar-refractivity contribution in [2.75, 3.05) is 18.5 Å². The zero-order valence-corrected chi connectivity index (χ0v) is 34.9. The highest BCUT2D eigenvalue weighted by atomic mass is 127. The first-order valence-electron chi connectivity index (χ1n) is 16.6. The molecular weight excluding hydrogens is 842 g/mol. The maximum Gasteiger partial charge on any atom is 0.413 e. The number of nitrogens with zero attached hydrogens (tertiary/aromatic N) is 4. The summed E-state index contributed by atoms with van der Waals surface area (Å²) < 4.78 is 40.6. The first kappa shape index (κ1) is 45.6. The SMILES string of the molecule is C[n+]1cc(-c2ccc(OCC(ON=C(C(=O)O)c3csc(NC(=O)OC(C)(C)C)n3)C(=O)OC(C)(C)C)cc2F)cn1CCCNC(=O)OC(C)(C)C.[I-]. The predicted octanol–water partition coefficient (Wildman–Crippen LogP) is 2.44. The third-order valence-electron chi connectivity index (χ3n) is 6.40. The Morgan fingerprint density at radius 1 is 1.00 bits per heavy atom. The van der Waals surface area contributed by atoms with Crippen molar-refractivity contribution in [3.05, 3.63) is 47.5 Å². The number of carboxylic acid groups (broad SMARTS) is 1. The molecular formula is C35H48FIN6O10S. The van der Waals surface area contributed by atoms with Gasteiger partial charge >= 0.3 is 24.1 Å². The molecule has 2 aromatic heterocycles. The van der Waals surface area contributed by atoms with Crippen LogP contribution in [-0.2, 0) is 42.2 Å². The number of rotatable bonds is 14. The van der Waals surface area contributed by atoms with Crippen molar-refractivity contribution in [1.29, 1.82) is 0 Å². The number of aliphatic carboxylic acids is 1. The number of aryl methyl sites for hydroxylation is 2. The fourth-order valence-corrected chi connectivity index (χ4v) is 4.99. The van der Waals surface area contributed by atoms with Crippen LogP contribution in [0.25, 0.3) is 11.1 Å². The smallest absolute Gasteiger partial charge is 0.413 e. The van der Waals surface area contributed by atoms with E-state index in [4.69, 9.17) is 23.8 Å². The van der Waals surface area contributed by atoms with Gasteiger partial charge in [0.2, 0.25) is 11.9 Å². The lowest BCUT2D eigenvalue weighted by Crippen LogP contribution is -3.00. The molecule has 0 saturated carbocycles. The van der Waals surface area contributed by atoms with Crippen LogP contribution in [-0.4, -0.2) is 80.7 Å². The molecule has 54 heavy (non-hydrogen) atoms. The number of esters is 1. The quantitative estimate of drug-likeness (QED) is 0.0410. The Hall–Kier alpha value is -4.53. The van der Waals surface area contributed by atoms with Gasteiger partial charge in [0.15, 0.2) is 12.2 Å². The number of hydrogen-bond donors (Lipinski definition) is 3. The van der Waals surface area contributed by atoms with Crippen molar-refractivity contribution in [2.45, 2.75) is 98.2 Å². The molecule has 0 spiro atoms. The number of carboxylic acids is 1. The number of hydrogen-bond acceptors (Lipinski definition) is 12. The molecule has 0 bridgehead atoms. The Labute approximate surface area is 334 Å². The van der Waals surface area contributed by atoms with Crippen LogP contribution in [0.15, 0.2) is 41.1 Å². The molecule has 0 saturated heterocycles. The van der Waals surface area contributed by atoms with Gasteiger partial charge in [-0.1, -0.05) is 5.16 Å². The lowest BCUT2D eigenvalue weighted by Gasteiger charge is -2.23. The number of anilines is 1.